The Morgan fingerprint density at radius 2 is 2.11 bits per heavy atom. The van der Waals surface area contributed by atoms with Crippen molar-refractivity contribution in [3.05, 3.63) is 12.3 Å². The summed E-state index contributed by atoms with van der Waals surface area (Å²) >= 11 is 0. The first-order valence-corrected chi connectivity index (χ1v) is 2.37. The quantitative estimate of drug-likeness (QED) is 0.499. The zero-order valence-corrected chi connectivity index (χ0v) is 4.44. The zero-order chi connectivity index (χ0) is 6.91. The third-order valence-corrected chi connectivity index (χ3v) is 0.907. The lowest BCUT2D eigenvalue weighted by molar-refractivity contribution is -0.240. The highest BCUT2D eigenvalue weighted by Gasteiger charge is 2.36. The highest BCUT2D eigenvalue weighted by Crippen LogP contribution is 2.20. The third kappa shape index (κ3) is 1.35. The number of hydrazine groups is 1. The van der Waals surface area contributed by atoms with Crippen LogP contribution in [0.15, 0.2) is 12.3 Å². The van der Waals surface area contributed by atoms with E-state index in [2.05, 4.69) is 5.43 Å². The lowest BCUT2D eigenvalue weighted by Gasteiger charge is -2.18. The Balaban J connectivity index is 2.53. The van der Waals surface area contributed by atoms with Crippen molar-refractivity contribution in [2.24, 2.45) is 0 Å². The summed E-state index contributed by atoms with van der Waals surface area (Å²) in [6.07, 6.45) is -1.93. The summed E-state index contributed by atoms with van der Waals surface area (Å²) in [4.78, 5) is 0. The minimum atomic E-state index is -4.28. The molecule has 0 aromatic rings. The van der Waals surface area contributed by atoms with Crippen LogP contribution in [0.25, 0.3) is 0 Å². The third-order valence-electron chi connectivity index (χ3n) is 0.907. The van der Waals surface area contributed by atoms with Crippen molar-refractivity contribution >= 4 is 0 Å². The van der Waals surface area contributed by atoms with Gasteiger partial charge in [-0.15, -0.1) is 13.2 Å². The average molecular weight is 138 g/mol. The molecule has 1 aliphatic heterocycles. The van der Waals surface area contributed by atoms with E-state index in [1.54, 1.807) is 0 Å². The Bertz CT molecular complexity index is 128. The van der Waals surface area contributed by atoms with Crippen molar-refractivity contribution < 1.29 is 13.2 Å². The Morgan fingerprint density at radius 1 is 1.44 bits per heavy atom. The van der Waals surface area contributed by atoms with E-state index in [4.69, 9.17) is 0 Å². The first-order chi connectivity index (χ1) is 4.11. The first-order valence-electron chi connectivity index (χ1n) is 2.37. The summed E-state index contributed by atoms with van der Waals surface area (Å²) in [5.41, 5.74) is 2.09. The Kier molecular flexibility index (Phi) is 1.36. The number of hydrogen-bond donors (Lipinski definition) is 1. The molecule has 52 valence electrons. The Labute approximate surface area is 49.9 Å². The Morgan fingerprint density at radius 3 is 2.33 bits per heavy atom. The molecule has 0 amide bonds. The van der Waals surface area contributed by atoms with Gasteiger partial charge in [-0.3, -0.25) is 0 Å². The molecule has 9 heavy (non-hydrogen) atoms. The molecule has 1 rings (SSSR count). The largest absolute Gasteiger partial charge is 0.498 e. The molecule has 1 N–H and O–H groups in total. The standard InChI is InChI=1S/C4H5F3N2/c5-4(6,7)9-3-1-2-8-9/h1,3,8H,2H2. The van der Waals surface area contributed by atoms with Gasteiger partial charge in [-0.25, -0.2) is 10.4 Å². The smallest absolute Gasteiger partial charge is 0.224 e. The fraction of sp³-hybridized carbons (Fsp3) is 0.500. The molecule has 0 saturated carbocycles. The highest BCUT2D eigenvalue weighted by atomic mass is 19.4. The van der Waals surface area contributed by atoms with Crippen LogP contribution in [0, 0.1) is 0 Å². The van der Waals surface area contributed by atoms with E-state index in [1.165, 1.54) is 6.08 Å². The monoisotopic (exact) mass is 138 g/mol. The maximum Gasteiger partial charge on any atom is 0.498 e. The Hall–Kier alpha value is -0.710. The van der Waals surface area contributed by atoms with E-state index in [0.717, 1.165) is 6.20 Å². The van der Waals surface area contributed by atoms with Gasteiger partial charge in [0.25, 0.3) is 0 Å². The highest BCUT2D eigenvalue weighted by molar-refractivity contribution is 4.89. The van der Waals surface area contributed by atoms with Crippen molar-refractivity contribution in [3.63, 3.8) is 0 Å². The van der Waals surface area contributed by atoms with E-state index < -0.39 is 6.30 Å². The van der Waals surface area contributed by atoms with Crippen LogP contribution < -0.4 is 5.43 Å². The van der Waals surface area contributed by atoms with Crippen LogP contribution in [-0.4, -0.2) is 17.9 Å². The van der Waals surface area contributed by atoms with Crippen LogP contribution >= 0.6 is 0 Å². The maximum atomic E-state index is 11.6. The van der Waals surface area contributed by atoms with Crippen LogP contribution in [0.3, 0.4) is 0 Å². The van der Waals surface area contributed by atoms with Gasteiger partial charge in [0.2, 0.25) is 0 Å². The number of nitrogens with one attached hydrogen (secondary N) is 1. The number of hydrogen-bond acceptors (Lipinski definition) is 2. The van der Waals surface area contributed by atoms with Gasteiger partial charge in [-0.1, -0.05) is 6.08 Å². The van der Waals surface area contributed by atoms with E-state index in [9.17, 15) is 13.2 Å². The maximum absolute atomic E-state index is 11.6. The molecule has 0 aromatic carbocycles. The van der Waals surface area contributed by atoms with Crippen molar-refractivity contribution in [2.45, 2.75) is 6.30 Å². The van der Waals surface area contributed by atoms with Crippen LogP contribution in [0.1, 0.15) is 0 Å². The van der Waals surface area contributed by atoms with Crippen LogP contribution in [-0.2, 0) is 0 Å². The molecule has 0 aromatic heterocycles. The van der Waals surface area contributed by atoms with E-state index in [-0.39, 0.29) is 11.6 Å². The molecule has 0 saturated heterocycles. The van der Waals surface area contributed by atoms with Gasteiger partial charge in [0, 0.05) is 12.7 Å². The van der Waals surface area contributed by atoms with Gasteiger partial charge in [-0.2, -0.15) is 0 Å². The van der Waals surface area contributed by atoms with Crippen molar-refractivity contribution in [2.75, 3.05) is 6.54 Å². The average Bonchev–Trinajstić information content (AvgIpc) is 2.08. The minimum Gasteiger partial charge on any atom is -0.224 e. The molecule has 0 aliphatic carbocycles. The lowest BCUT2D eigenvalue weighted by Crippen LogP contribution is -2.40. The minimum absolute atomic E-state index is 0.118. The molecule has 0 atom stereocenters. The molecule has 1 aliphatic rings. The number of nitrogens with zero attached hydrogens (tertiary/aromatic N) is 1. The zero-order valence-electron chi connectivity index (χ0n) is 4.44. The van der Waals surface area contributed by atoms with Gasteiger partial charge in [-0.05, 0) is 0 Å². The molecular formula is C4H5F3N2. The normalized spacial score (nSPS) is 19.2. The van der Waals surface area contributed by atoms with E-state index >= 15 is 0 Å². The second-order valence-electron chi connectivity index (χ2n) is 1.58. The van der Waals surface area contributed by atoms with Crippen LogP contribution in [0.4, 0.5) is 13.2 Å². The summed E-state index contributed by atoms with van der Waals surface area (Å²) in [7, 11) is 0. The number of halogens is 3. The number of rotatable bonds is 0. The molecule has 0 fully saturated rings. The molecule has 0 spiro atoms. The second kappa shape index (κ2) is 1.91. The molecule has 0 bridgehead atoms. The summed E-state index contributed by atoms with van der Waals surface area (Å²) in [5.74, 6) is 0. The summed E-state index contributed by atoms with van der Waals surface area (Å²) < 4.78 is 34.7. The molecule has 2 nitrogen and oxygen atoms in total. The van der Waals surface area contributed by atoms with Crippen LogP contribution in [0.2, 0.25) is 0 Å². The molecular weight excluding hydrogens is 133 g/mol. The fourth-order valence-electron chi connectivity index (χ4n) is 0.536. The van der Waals surface area contributed by atoms with Gasteiger partial charge in [0.1, 0.15) is 0 Å². The fourth-order valence-corrected chi connectivity index (χ4v) is 0.536. The van der Waals surface area contributed by atoms with E-state index in [0.29, 0.717) is 0 Å². The van der Waals surface area contributed by atoms with Gasteiger partial charge in [0.15, 0.2) is 0 Å². The topological polar surface area (TPSA) is 15.3 Å². The SMILES string of the molecule is FC(F)(F)N1C=CCN1. The van der Waals surface area contributed by atoms with Crippen molar-refractivity contribution in [1.82, 2.24) is 10.4 Å². The first kappa shape index (κ1) is 6.41. The number of alkyl halides is 3. The summed E-state index contributed by atoms with van der Waals surface area (Å²) in [6.45, 7) is 0.250. The predicted molar refractivity (Wildman–Crippen MR) is 25.0 cm³/mol. The lowest BCUT2D eigenvalue weighted by atomic mass is 10.7. The van der Waals surface area contributed by atoms with Gasteiger partial charge < -0.3 is 0 Å². The molecule has 0 unspecified atom stereocenters. The predicted octanol–water partition coefficient (Wildman–Crippen LogP) is 0.840. The van der Waals surface area contributed by atoms with Crippen molar-refractivity contribution in [1.29, 1.82) is 0 Å². The van der Waals surface area contributed by atoms with Gasteiger partial charge in [0.05, 0.1) is 0 Å². The summed E-state index contributed by atoms with van der Waals surface area (Å²) in [5, 5.41) is 0.118. The van der Waals surface area contributed by atoms with Crippen molar-refractivity contribution in [3.8, 4) is 0 Å². The molecule has 5 heteroatoms. The molecule has 1 heterocycles. The molecule has 0 radical (unpaired) electrons. The van der Waals surface area contributed by atoms with Crippen LogP contribution in [0.5, 0.6) is 0 Å². The second-order valence-corrected chi connectivity index (χ2v) is 1.58. The summed E-state index contributed by atoms with van der Waals surface area (Å²) in [6, 6.07) is 0. The van der Waals surface area contributed by atoms with Gasteiger partial charge >= 0.3 is 6.30 Å². The van der Waals surface area contributed by atoms with E-state index in [1.807, 2.05) is 0 Å².